The molecule has 2 aliphatic carbocycles. The van der Waals surface area contributed by atoms with E-state index in [-0.39, 0.29) is 0 Å². The lowest BCUT2D eigenvalue weighted by molar-refractivity contribution is 0.157. The maximum atomic E-state index is 7.40. The average Bonchev–Trinajstić information content (AvgIpc) is 2.35. The SMILES string of the molecule is CC1(C)[C@@H]2CC[C@@]1(C)[C@H](SC(=N)N)C2. The molecule has 3 N–H and O–H groups in total. The van der Waals surface area contributed by atoms with Gasteiger partial charge >= 0.3 is 0 Å². The van der Waals surface area contributed by atoms with Crippen LogP contribution in [0.15, 0.2) is 0 Å². The van der Waals surface area contributed by atoms with Crippen LogP contribution in [0.2, 0.25) is 0 Å². The molecule has 0 unspecified atom stereocenters. The number of thioether (sulfide) groups is 1. The third kappa shape index (κ3) is 1.14. The highest BCUT2D eigenvalue weighted by Gasteiger charge is 2.61. The van der Waals surface area contributed by atoms with Gasteiger partial charge in [0, 0.05) is 5.25 Å². The van der Waals surface area contributed by atoms with Gasteiger partial charge in [0.15, 0.2) is 5.17 Å². The molecule has 2 nitrogen and oxygen atoms in total. The van der Waals surface area contributed by atoms with E-state index in [9.17, 15) is 0 Å². The van der Waals surface area contributed by atoms with Crippen molar-refractivity contribution in [2.45, 2.75) is 45.3 Å². The molecule has 0 spiro atoms. The lowest BCUT2D eigenvalue weighted by Gasteiger charge is -2.38. The molecule has 2 aliphatic rings. The summed E-state index contributed by atoms with van der Waals surface area (Å²) in [6.45, 7) is 7.18. The van der Waals surface area contributed by atoms with Gasteiger partial charge in [-0.25, -0.2) is 0 Å². The minimum atomic E-state index is 0.291. The largest absolute Gasteiger partial charge is 0.379 e. The first-order valence-electron chi connectivity index (χ1n) is 5.38. The van der Waals surface area contributed by atoms with Crippen LogP contribution < -0.4 is 5.73 Å². The summed E-state index contributed by atoms with van der Waals surface area (Å²) < 4.78 is 0. The summed E-state index contributed by atoms with van der Waals surface area (Å²) in [5.41, 5.74) is 6.34. The third-order valence-corrected chi connectivity index (χ3v) is 6.23. The predicted octanol–water partition coefficient (Wildman–Crippen LogP) is 2.83. The first kappa shape index (κ1) is 10.3. The average molecular weight is 212 g/mol. The first-order valence-corrected chi connectivity index (χ1v) is 6.26. The molecule has 14 heavy (non-hydrogen) atoms. The minimum Gasteiger partial charge on any atom is -0.379 e. The van der Waals surface area contributed by atoms with E-state index in [2.05, 4.69) is 20.8 Å². The number of hydrogen-bond acceptors (Lipinski definition) is 2. The molecule has 0 radical (unpaired) electrons. The zero-order valence-corrected chi connectivity index (χ0v) is 10.1. The normalized spacial score (nSPS) is 44.2. The number of rotatable bonds is 1. The van der Waals surface area contributed by atoms with E-state index in [0.29, 0.717) is 21.2 Å². The van der Waals surface area contributed by atoms with Crippen LogP contribution in [0.5, 0.6) is 0 Å². The Morgan fingerprint density at radius 2 is 2.07 bits per heavy atom. The summed E-state index contributed by atoms with van der Waals surface area (Å²) in [5, 5.41) is 8.26. The standard InChI is InChI=1S/C11H20N2S/c1-10(2)7-4-5-11(10,3)8(6-7)14-9(12)13/h7-8H,4-6H2,1-3H3,(H3,12,13)/t7-,8-,11+/m1/s1. The van der Waals surface area contributed by atoms with E-state index in [4.69, 9.17) is 11.1 Å². The summed E-state index contributed by atoms with van der Waals surface area (Å²) in [5.74, 6) is 0.851. The molecule has 3 heteroatoms. The molecule has 0 saturated heterocycles. The maximum absolute atomic E-state index is 7.40. The van der Waals surface area contributed by atoms with Gasteiger partial charge in [-0.05, 0) is 36.0 Å². The number of hydrogen-bond donors (Lipinski definition) is 2. The topological polar surface area (TPSA) is 49.9 Å². The highest BCUT2D eigenvalue weighted by atomic mass is 32.2. The van der Waals surface area contributed by atoms with E-state index >= 15 is 0 Å². The molecule has 0 aliphatic heterocycles. The van der Waals surface area contributed by atoms with Crippen molar-refractivity contribution in [2.75, 3.05) is 0 Å². The van der Waals surface area contributed by atoms with Gasteiger partial charge in [0.05, 0.1) is 0 Å². The Hall–Kier alpha value is -0.180. The van der Waals surface area contributed by atoms with Crippen LogP contribution in [0.25, 0.3) is 0 Å². The van der Waals surface area contributed by atoms with E-state index in [1.165, 1.54) is 19.3 Å². The molecule has 3 atom stereocenters. The Morgan fingerprint density at radius 3 is 2.43 bits per heavy atom. The van der Waals surface area contributed by atoms with E-state index < -0.39 is 0 Å². The van der Waals surface area contributed by atoms with Crippen molar-refractivity contribution in [2.24, 2.45) is 22.5 Å². The van der Waals surface area contributed by atoms with Gasteiger partial charge in [-0.1, -0.05) is 32.5 Å². The Kier molecular flexibility index (Phi) is 2.15. The second kappa shape index (κ2) is 2.91. The highest BCUT2D eigenvalue weighted by Crippen LogP contribution is 2.68. The molecule has 0 aromatic carbocycles. The van der Waals surface area contributed by atoms with Crippen LogP contribution in [-0.4, -0.2) is 10.4 Å². The minimum absolute atomic E-state index is 0.291. The van der Waals surface area contributed by atoms with Gasteiger partial charge in [-0.15, -0.1) is 0 Å². The van der Waals surface area contributed by atoms with E-state index in [1.807, 2.05) is 0 Å². The quantitative estimate of drug-likeness (QED) is 0.518. The fourth-order valence-corrected chi connectivity index (χ4v) is 4.78. The molecule has 0 heterocycles. The molecular weight excluding hydrogens is 192 g/mol. The molecule has 0 aromatic heterocycles. The summed E-state index contributed by atoms with van der Waals surface area (Å²) in [6, 6.07) is 0. The van der Waals surface area contributed by atoms with Crippen LogP contribution >= 0.6 is 11.8 Å². The zero-order chi connectivity index (χ0) is 10.6. The van der Waals surface area contributed by atoms with Crippen LogP contribution in [0, 0.1) is 22.2 Å². The third-order valence-electron chi connectivity index (χ3n) is 4.98. The fraction of sp³-hybridized carbons (Fsp3) is 0.909. The summed E-state index contributed by atoms with van der Waals surface area (Å²) in [7, 11) is 0. The highest BCUT2D eigenvalue weighted by molar-refractivity contribution is 8.14. The van der Waals surface area contributed by atoms with Crippen molar-refractivity contribution in [3.63, 3.8) is 0 Å². The summed E-state index contributed by atoms with van der Waals surface area (Å²) in [6.07, 6.45) is 3.95. The number of nitrogens with one attached hydrogen (secondary N) is 1. The van der Waals surface area contributed by atoms with Gasteiger partial charge in [0.1, 0.15) is 0 Å². The van der Waals surface area contributed by atoms with Crippen molar-refractivity contribution in [3.8, 4) is 0 Å². The Balaban J connectivity index is 2.23. The second-order valence-corrected chi connectivity index (χ2v) is 6.83. The predicted molar refractivity (Wildman–Crippen MR) is 62.5 cm³/mol. The fourth-order valence-electron chi connectivity index (χ4n) is 3.46. The summed E-state index contributed by atoms with van der Waals surface area (Å²) >= 11 is 1.59. The van der Waals surface area contributed by atoms with Crippen LogP contribution in [0.4, 0.5) is 0 Å². The molecule has 0 aromatic rings. The summed E-state index contributed by atoms with van der Waals surface area (Å²) in [4.78, 5) is 0. The lowest BCUT2D eigenvalue weighted by Crippen LogP contribution is -2.35. The van der Waals surface area contributed by atoms with Crippen molar-refractivity contribution in [1.82, 2.24) is 0 Å². The van der Waals surface area contributed by atoms with E-state index in [1.54, 1.807) is 11.8 Å². The smallest absolute Gasteiger partial charge is 0.151 e. The van der Waals surface area contributed by atoms with Crippen LogP contribution in [0.3, 0.4) is 0 Å². The Morgan fingerprint density at radius 1 is 1.43 bits per heavy atom. The van der Waals surface area contributed by atoms with Gasteiger partial charge in [-0.2, -0.15) is 0 Å². The first-order chi connectivity index (χ1) is 6.38. The Labute approximate surface area is 90.5 Å². The van der Waals surface area contributed by atoms with Crippen LogP contribution in [-0.2, 0) is 0 Å². The maximum Gasteiger partial charge on any atom is 0.151 e. The van der Waals surface area contributed by atoms with Gasteiger partial charge in [-0.3, -0.25) is 5.41 Å². The molecule has 2 rings (SSSR count). The monoisotopic (exact) mass is 212 g/mol. The van der Waals surface area contributed by atoms with Crippen LogP contribution in [0.1, 0.15) is 40.0 Å². The lowest BCUT2D eigenvalue weighted by atomic mass is 9.71. The van der Waals surface area contributed by atoms with Gasteiger partial charge in [0.25, 0.3) is 0 Å². The molecule has 2 saturated carbocycles. The van der Waals surface area contributed by atoms with Crippen molar-refractivity contribution >= 4 is 16.9 Å². The van der Waals surface area contributed by atoms with Gasteiger partial charge < -0.3 is 5.73 Å². The molecular formula is C11H20N2S. The molecule has 0 amide bonds. The molecule has 80 valence electrons. The van der Waals surface area contributed by atoms with Crippen molar-refractivity contribution in [1.29, 1.82) is 5.41 Å². The zero-order valence-electron chi connectivity index (χ0n) is 9.26. The van der Waals surface area contributed by atoms with Gasteiger partial charge in [0.2, 0.25) is 0 Å². The van der Waals surface area contributed by atoms with Crippen molar-refractivity contribution in [3.05, 3.63) is 0 Å². The number of nitrogens with two attached hydrogens (primary N) is 1. The molecule has 2 bridgehead atoms. The van der Waals surface area contributed by atoms with E-state index in [0.717, 1.165) is 5.92 Å². The molecule has 2 fully saturated rings. The number of amidine groups is 1. The van der Waals surface area contributed by atoms with Crippen molar-refractivity contribution < 1.29 is 0 Å². The second-order valence-electron chi connectivity index (χ2n) is 5.58. The Bertz CT molecular complexity index is 274. The number of fused-ring (bicyclic) bond motifs is 2.